The zero-order valence-corrected chi connectivity index (χ0v) is 30.2. The number of rotatable bonds is 6. The summed E-state index contributed by atoms with van der Waals surface area (Å²) in [7, 11) is 0. The molecular formula is C42H46O12. The summed E-state index contributed by atoms with van der Waals surface area (Å²) in [5.74, 6) is 0.128. The van der Waals surface area contributed by atoms with Gasteiger partial charge in [-0.15, -0.1) is 0 Å². The van der Waals surface area contributed by atoms with E-state index in [1.165, 1.54) is 0 Å². The van der Waals surface area contributed by atoms with E-state index in [0.717, 1.165) is 44.5 Å². The van der Waals surface area contributed by atoms with Gasteiger partial charge in [-0.25, -0.2) is 9.59 Å². The van der Waals surface area contributed by atoms with Crippen molar-refractivity contribution in [3.05, 3.63) is 117 Å². The van der Waals surface area contributed by atoms with Crippen molar-refractivity contribution < 1.29 is 57.7 Å². The van der Waals surface area contributed by atoms with Crippen LogP contribution in [0.2, 0.25) is 0 Å². The lowest BCUT2D eigenvalue weighted by Gasteiger charge is -2.22. The molecule has 0 fully saturated rings. The van der Waals surface area contributed by atoms with E-state index in [4.69, 9.17) is 37.9 Å². The molecule has 12 heteroatoms. The number of para-hydroxylation sites is 4. The first kappa shape index (κ1) is 38.6. The Bertz CT molecular complexity index is 1650. The van der Waals surface area contributed by atoms with Gasteiger partial charge in [0, 0.05) is 25.7 Å². The van der Waals surface area contributed by atoms with Crippen LogP contribution in [0, 0.1) is 0 Å². The molecule has 2 N–H and O–H groups in total. The van der Waals surface area contributed by atoms with Gasteiger partial charge in [0.2, 0.25) is 0 Å². The summed E-state index contributed by atoms with van der Waals surface area (Å²) in [6.07, 6.45) is 1.52. The maximum atomic E-state index is 11.8. The molecule has 4 aromatic rings. The number of carbonyl (C=O) groups is 2. The second kappa shape index (κ2) is 19.8. The third-order valence-corrected chi connectivity index (χ3v) is 8.98. The molecule has 54 heavy (non-hydrogen) atoms. The third kappa shape index (κ3) is 10.7. The van der Waals surface area contributed by atoms with E-state index >= 15 is 0 Å². The zero-order chi connectivity index (χ0) is 37.5. The number of carboxylic acids is 2. The Labute approximate surface area is 314 Å². The number of aliphatic carboxylic acids is 2. The molecule has 0 unspecified atom stereocenters. The van der Waals surface area contributed by atoms with Crippen LogP contribution in [-0.4, -0.2) is 101 Å². The second-order valence-electron chi connectivity index (χ2n) is 12.8. The molecule has 286 valence electrons. The summed E-state index contributed by atoms with van der Waals surface area (Å²) in [4.78, 5) is 23.6. The van der Waals surface area contributed by atoms with Gasteiger partial charge in [-0.3, -0.25) is 0 Å². The standard InChI is InChI=1S/C42H46O12/c43-37(44)27-53-41-33-9-3-11-35(41)25-31-7-2-8-32-26-36-12-4-10-34(42(36)54-28-38(45)46)24-30-6-1-5-29(23-33)39(30)51-21-19-49-17-15-47-13-14-48-16-18-50-20-22-52-40(31)32/h1-12H,13-28H2,(H,43,44)(H,45,46). The van der Waals surface area contributed by atoms with E-state index in [0.29, 0.717) is 102 Å². The van der Waals surface area contributed by atoms with E-state index in [2.05, 4.69) is 0 Å². The Morgan fingerprint density at radius 1 is 0.426 bits per heavy atom. The van der Waals surface area contributed by atoms with Crippen molar-refractivity contribution in [1.82, 2.24) is 0 Å². The van der Waals surface area contributed by atoms with Crippen molar-refractivity contribution in [2.45, 2.75) is 25.7 Å². The zero-order valence-electron chi connectivity index (χ0n) is 30.2. The van der Waals surface area contributed by atoms with Crippen LogP contribution in [0.15, 0.2) is 72.8 Å². The topological polar surface area (TPSA) is 148 Å². The van der Waals surface area contributed by atoms with Gasteiger partial charge in [-0.05, 0) is 44.5 Å². The summed E-state index contributed by atoms with van der Waals surface area (Å²) in [6.45, 7) is 2.62. The van der Waals surface area contributed by atoms with E-state index < -0.39 is 25.2 Å². The molecule has 12 nitrogen and oxygen atoms in total. The van der Waals surface area contributed by atoms with Gasteiger partial charge in [-0.1, -0.05) is 72.8 Å². The van der Waals surface area contributed by atoms with Crippen molar-refractivity contribution in [2.75, 3.05) is 79.3 Å². The van der Waals surface area contributed by atoms with Crippen molar-refractivity contribution >= 4 is 11.9 Å². The van der Waals surface area contributed by atoms with Gasteiger partial charge in [0.25, 0.3) is 0 Å². The number of benzene rings is 4. The smallest absolute Gasteiger partial charge is 0.341 e. The summed E-state index contributed by atoms with van der Waals surface area (Å²) in [6, 6.07) is 23.5. The third-order valence-electron chi connectivity index (χ3n) is 8.98. The molecule has 0 saturated heterocycles. The predicted octanol–water partition coefficient (Wildman–Crippen LogP) is 5.13. The quantitative estimate of drug-likeness (QED) is 0.238. The van der Waals surface area contributed by atoms with Crippen molar-refractivity contribution in [1.29, 1.82) is 0 Å². The largest absolute Gasteiger partial charge is 0.491 e. The lowest BCUT2D eigenvalue weighted by molar-refractivity contribution is -0.140. The monoisotopic (exact) mass is 742 g/mol. The van der Waals surface area contributed by atoms with Gasteiger partial charge >= 0.3 is 11.9 Å². The average Bonchev–Trinajstić information content (AvgIpc) is 3.15. The number of carboxylic acid groups (broad SMARTS) is 2. The summed E-state index contributed by atoms with van der Waals surface area (Å²) >= 11 is 0. The molecule has 1 aliphatic carbocycles. The highest BCUT2D eigenvalue weighted by Gasteiger charge is 2.22. The predicted molar refractivity (Wildman–Crippen MR) is 198 cm³/mol. The average molecular weight is 743 g/mol. The molecule has 4 aromatic carbocycles. The normalized spacial score (nSPS) is 15.9. The molecule has 1 heterocycles. The second-order valence-corrected chi connectivity index (χ2v) is 12.8. The lowest BCUT2D eigenvalue weighted by atomic mass is 9.91. The van der Waals surface area contributed by atoms with Gasteiger partial charge in [0.1, 0.15) is 36.2 Å². The minimum absolute atomic E-state index is 0.259. The van der Waals surface area contributed by atoms with Crippen molar-refractivity contribution in [2.24, 2.45) is 0 Å². The summed E-state index contributed by atoms with van der Waals surface area (Å²) in [5, 5.41) is 19.3. The SMILES string of the molecule is O=C(O)COc1c2cccc1Cc1cccc3c1OCCOCCOCCOCCOCCOc1c(cccc1Cc1cccc(c1OCC(=O)O)C3)C2. The number of hydrogen-bond acceptors (Lipinski definition) is 10. The minimum atomic E-state index is -1.08. The first-order chi connectivity index (χ1) is 26.5. The van der Waals surface area contributed by atoms with Gasteiger partial charge in [0.05, 0.1) is 52.9 Å². The Hall–Kier alpha value is -5.14. The van der Waals surface area contributed by atoms with E-state index in [1.807, 2.05) is 72.8 Å². The van der Waals surface area contributed by atoms with Crippen LogP contribution in [0.1, 0.15) is 44.5 Å². The highest BCUT2D eigenvalue weighted by Crippen LogP contribution is 2.39. The van der Waals surface area contributed by atoms with E-state index in [9.17, 15) is 19.8 Å². The van der Waals surface area contributed by atoms with Crippen LogP contribution in [0.25, 0.3) is 0 Å². The fourth-order valence-electron chi connectivity index (χ4n) is 6.66. The van der Waals surface area contributed by atoms with Gasteiger partial charge in [0.15, 0.2) is 13.2 Å². The van der Waals surface area contributed by atoms with Crippen LogP contribution in [-0.2, 0) is 54.2 Å². The highest BCUT2D eigenvalue weighted by atomic mass is 16.6. The Balaban J connectivity index is 1.50. The van der Waals surface area contributed by atoms with Crippen LogP contribution in [0.5, 0.6) is 23.0 Å². The Morgan fingerprint density at radius 3 is 0.963 bits per heavy atom. The van der Waals surface area contributed by atoms with E-state index in [1.54, 1.807) is 0 Å². The number of fused-ring (bicyclic) bond motifs is 2. The molecule has 0 saturated carbocycles. The van der Waals surface area contributed by atoms with Gasteiger partial charge in [-0.2, -0.15) is 0 Å². The van der Waals surface area contributed by atoms with Crippen LogP contribution in [0.4, 0.5) is 0 Å². The molecule has 0 atom stereocenters. The van der Waals surface area contributed by atoms with Crippen molar-refractivity contribution in [3.8, 4) is 23.0 Å². The van der Waals surface area contributed by atoms with Crippen LogP contribution < -0.4 is 18.9 Å². The number of ether oxygens (including phenoxy) is 8. The van der Waals surface area contributed by atoms with Crippen molar-refractivity contribution in [3.63, 3.8) is 0 Å². The summed E-state index contributed by atoms with van der Waals surface area (Å²) < 4.78 is 48.1. The first-order valence-corrected chi connectivity index (χ1v) is 18.1. The molecule has 0 amide bonds. The molecule has 0 radical (unpaired) electrons. The first-order valence-electron chi connectivity index (χ1n) is 18.1. The maximum Gasteiger partial charge on any atom is 0.341 e. The Morgan fingerprint density at radius 2 is 0.685 bits per heavy atom. The molecule has 2 aliphatic rings. The molecule has 6 rings (SSSR count). The lowest BCUT2D eigenvalue weighted by Crippen LogP contribution is -2.15. The molecule has 1 aliphatic heterocycles. The van der Waals surface area contributed by atoms with Gasteiger partial charge < -0.3 is 48.1 Å². The fourth-order valence-corrected chi connectivity index (χ4v) is 6.66. The molecule has 0 spiro atoms. The maximum absolute atomic E-state index is 11.8. The van der Waals surface area contributed by atoms with Crippen LogP contribution >= 0.6 is 0 Å². The fraction of sp³-hybridized carbons (Fsp3) is 0.381. The number of hydrogen-bond donors (Lipinski definition) is 2. The molecule has 10 bridgehead atoms. The Kier molecular flexibility index (Phi) is 14.1. The highest BCUT2D eigenvalue weighted by molar-refractivity contribution is 5.69. The van der Waals surface area contributed by atoms with Crippen LogP contribution in [0.3, 0.4) is 0 Å². The summed E-state index contributed by atoms with van der Waals surface area (Å²) in [5.41, 5.74) is 6.63. The minimum Gasteiger partial charge on any atom is -0.491 e. The molecular weight excluding hydrogens is 696 g/mol. The van der Waals surface area contributed by atoms with E-state index in [-0.39, 0.29) is 13.2 Å². The molecule has 0 aromatic heterocycles.